The Bertz CT molecular complexity index is 566. The fourth-order valence-corrected chi connectivity index (χ4v) is 1.92. The Labute approximate surface area is 103 Å². The molecule has 1 heterocycles. The highest BCUT2D eigenvalue weighted by atomic mass is 19.2. The maximum atomic E-state index is 13.3. The van der Waals surface area contributed by atoms with E-state index in [9.17, 15) is 8.78 Å². The van der Waals surface area contributed by atoms with E-state index in [4.69, 9.17) is 5.11 Å². The number of fused-ring (bicyclic) bond motifs is 1. The number of imidazole rings is 1. The Morgan fingerprint density at radius 3 is 2.56 bits per heavy atom. The van der Waals surface area contributed by atoms with E-state index in [2.05, 4.69) is 4.98 Å². The molecule has 0 amide bonds. The summed E-state index contributed by atoms with van der Waals surface area (Å²) in [5, 5.41) is 9.05. The molecule has 0 radical (unpaired) electrons. The zero-order chi connectivity index (χ0) is 13.3. The molecule has 0 atom stereocenters. The molecule has 4 nitrogen and oxygen atoms in total. The highest BCUT2D eigenvalue weighted by Gasteiger charge is 2.14. The first-order valence-corrected chi connectivity index (χ1v) is 5.62. The molecule has 2 aromatic rings. The molecule has 0 aliphatic rings. The Morgan fingerprint density at radius 2 is 1.94 bits per heavy atom. The van der Waals surface area contributed by atoms with Gasteiger partial charge in [0.25, 0.3) is 0 Å². The minimum atomic E-state index is -0.910. The number of benzene rings is 1. The molecule has 0 bridgehead atoms. The first kappa shape index (κ1) is 12.9. The fraction of sp³-hybridized carbons (Fsp3) is 0.417. The number of aromatic nitrogens is 2. The van der Waals surface area contributed by atoms with Crippen LogP contribution < -0.4 is 0 Å². The fourth-order valence-electron chi connectivity index (χ4n) is 1.92. The molecule has 1 aromatic carbocycles. The van der Waals surface area contributed by atoms with Gasteiger partial charge in [-0.3, -0.25) is 0 Å². The van der Waals surface area contributed by atoms with Gasteiger partial charge < -0.3 is 14.6 Å². The van der Waals surface area contributed by atoms with Crippen molar-refractivity contribution in [1.29, 1.82) is 0 Å². The number of nitrogens with zero attached hydrogens (tertiary/aromatic N) is 3. The number of hydrogen-bond acceptors (Lipinski definition) is 3. The summed E-state index contributed by atoms with van der Waals surface area (Å²) in [6.07, 6.45) is 0. The first-order valence-electron chi connectivity index (χ1n) is 5.62. The summed E-state index contributed by atoms with van der Waals surface area (Å²) in [5.41, 5.74) is 0.902. The Hall–Kier alpha value is -1.53. The van der Waals surface area contributed by atoms with Crippen LogP contribution in [0, 0.1) is 11.6 Å². The van der Waals surface area contributed by atoms with Crippen molar-refractivity contribution in [3.63, 3.8) is 0 Å². The van der Waals surface area contributed by atoms with Crippen molar-refractivity contribution in [2.45, 2.75) is 13.1 Å². The van der Waals surface area contributed by atoms with Gasteiger partial charge in [0.2, 0.25) is 0 Å². The molecule has 0 unspecified atom stereocenters. The van der Waals surface area contributed by atoms with Gasteiger partial charge in [0, 0.05) is 18.7 Å². The molecule has 0 aliphatic carbocycles. The second-order valence-electron chi connectivity index (χ2n) is 4.40. The lowest BCUT2D eigenvalue weighted by molar-refractivity contribution is 0.272. The van der Waals surface area contributed by atoms with Crippen LogP contribution in [-0.4, -0.2) is 40.3 Å². The van der Waals surface area contributed by atoms with Gasteiger partial charge in [0.05, 0.1) is 24.2 Å². The lowest BCUT2D eigenvalue weighted by Gasteiger charge is -2.11. The lowest BCUT2D eigenvalue weighted by atomic mass is 10.3. The van der Waals surface area contributed by atoms with E-state index in [0.29, 0.717) is 29.9 Å². The second kappa shape index (κ2) is 4.99. The van der Waals surface area contributed by atoms with Gasteiger partial charge in [-0.15, -0.1) is 0 Å². The summed E-state index contributed by atoms with van der Waals surface area (Å²) < 4.78 is 28.1. The van der Waals surface area contributed by atoms with Crippen LogP contribution in [0.5, 0.6) is 0 Å². The Morgan fingerprint density at radius 1 is 1.28 bits per heavy atom. The monoisotopic (exact) mass is 255 g/mol. The van der Waals surface area contributed by atoms with Crippen LogP contribution in [0.3, 0.4) is 0 Å². The first-order chi connectivity index (χ1) is 8.52. The average Bonchev–Trinajstić information content (AvgIpc) is 2.58. The van der Waals surface area contributed by atoms with Crippen molar-refractivity contribution in [2.75, 3.05) is 20.7 Å². The molecular formula is C12H15F2N3O. The molecule has 0 saturated carbocycles. The second-order valence-corrected chi connectivity index (χ2v) is 4.40. The van der Waals surface area contributed by atoms with E-state index >= 15 is 0 Å². The summed E-state index contributed by atoms with van der Waals surface area (Å²) in [6, 6.07) is 2.20. The van der Waals surface area contributed by atoms with Crippen LogP contribution in [0.15, 0.2) is 12.1 Å². The smallest absolute Gasteiger partial charge is 0.161 e. The summed E-state index contributed by atoms with van der Waals surface area (Å²) in [6.45, 7) is 0.771. The SMILES string of the molecule is CN(C)Cc1nc2cc(F)c(F)cc2n1CCO. The highest BCUT2D eigenvalue weighted by Crippen LogP contribution is 2.20. The summed E-state index contributed by atoms with van der Waals surface area (Å²) in [7, 11) is 3.76. The van der Waals surface area contributed by atoms with Crippen molar-refractivity contribution >= 4 is 11.0 Å². The number of aliphatic hydroxyl groups is 1. The topological polar surface area (TPSA) is 41.3 Å². The zero-order valence-electron chi connectivity index (χ0n) is 10.3. The van der Waals surface area contributed by atoms with E-state index in [-0.39, 0.29) is 6.61 Å². The standard InChI is InChI=1S/C12H15F2N3O/c1-16(2)7-12-15-10-5-8(13)9(14)6-11(10)17(12)3-4-18/h5-6,18H,3-4,7H2,1-2H3. The molecule has 0 saturated heterocycles. The summed E-state index contributed by atoms with van der Waals surface area (Å²) >= 11 is 0. The van der Waals surface area contributed by atoms with Crippen LogP contribution in [0.1, 0.15) is 5.82 Å². The minimum Gasteiger partial charge on any atom is -0.395 e. The molecule has 1 aromatic heterocycles. The van der Waals surface area contributed by atoms with Crippen LogP contribution in [-0.2, 0) is 13.1 Å². The number of aliphatic hydroxyl groups excluding tert-OH is 1. The number of rotatable bonds is 4. The van der Waals surface area contributed by atoms with E-state index in [1.807, 2.05) is 19.0 Å². The lowest BCUT2D eigenvalue weighted by Crippen LogP contribution is -2.16. The number of hydrogen-bond donors (Lipinski definition) is 1. The van der Waals surface area contributed by atoms with Crippen molar-refractivity contribution in [3.8, 4) is 0 Å². The highest BCUT2D eigenvalue weighted by molar-refractivity contribution is 5.76. The third-order valence-corrected chi connectivity index (χ3v) is 2.65. The Kier molecular flexibility index (Phi) is 3.58. The van der Waals surface area contributed by atoms with Crippen LogP contribution in [0.2, 0.25) is 0 Å². The van der Waals surface area contributed by atoms with Gasteiger partial charge in [-0.25, -0.2) is 13.8 Å². The summed E-state index contributed by atoms with van der Waals surface area (Å²) in [4.78, 5) is 6.18. The normalized spacial score (nSPS) is 11.7. The molecule has 2 rings (SSSR count). The number of halogens is 2. The maximum Gasteiger partial charge on any atom is 0.161 e. The molecule has 98 valence electrons. The molecule has 0 fully saturated rings. The molecule has 6 heteroatoms. The van der Waals surface area contributed by atoms with E-state index < -0.39 is 11.6 Å². The van der Waals surface area contributed by atoms with Gasteiger partial charge in [0.1, 0.15) is 5.82 Å². The van der Waals surface area contributed by atoms with Crippen molar-refractivity contribution in [3.05, 3.63) is 29.6 Å². The van der Waals surface area contributed by atoms with E-state index in [1.165, 1.54) is 0 Å². The van der Waals surface area contributed by atoms with Crippen LogP contribution >= 0.6 is 0 Å². The molecule has 1 N–H and O–H groups in total. The Balaban J connectivity index is 2.59. The van der Waals surface area contributed by atoms with Gasteiger partial charge >= 0.3 is 0 Å². The quantitative estimate of drug-likeness (QED) is 0.897. The van der Waals surface area contributed by atoms with Crippen LogP contribution in [0.25, 0.3) is 11.0 Å². The van der Waals surface area contributed by atoms with E-state index in [0.717, 1.165) is 12.1 Å². The predicted molar refractivity (Wildman–Crippen MR) is 64.1 cm³/mol. The zero-order valence-corrected chi connectivity index (χ0v) is 10.3. The molecule has 18 heavy (non-hydrogen) atoms. The third-order valence-electron chi connectivity index (χ3n) is 2.65. The summed E-state index contributed by atoms with van der Waals surface area (Å²) in [5.74, 6) is -1.14. The molecule has 0 aliphatic heterocycles. The minimum absolute atomic E-state index is 0.0785. The van der Waals surface area contributed by atoms with Crippen LogP contribution in [0.4, 0.5) is 8.78 Å². The van der Waals surface area contributed by atoms with Gasteiger partial charge in [-0.05, 0) is 14.1 Å². The maximum absolute atomic E-state index is 13.3. The van der Waals surface area contributed by atoms with Gasteiger partial charge in [0.15, 0.2) is 11.6 Å². The van der Waals surface area contributed by atoms with Gasteiger partial charge in [-0.1, -0.05) is 0 Å². The van der Waals surface area contributed by atoms with Crippen molar-refractivity contribution in [1.82, 2.24) is 14.5 Å². The van der Waals surface area contributed by atoms with E-state index in [1.54, 1.807) is 4.57 Å². The van der Waals surface area contributed by atoms with Crippen molar-refractivity contribution in [2.24, 2.45) is 0 Å². The largest absolute Gasteiger partial charge is 0.395 e. The predicted octanol–water partition coefficient (Wildman–Crippen LogP) is 1.37. The average molecular weight is 255 g/mol. The van der Waals surface area contributed by atoms with Crippen molar-refractivity contribution < 1.29 is 13.9 Å². The van der Waals surface area contributed by atoms with Gasteiger partial charge in [-0.2, -0.15) is 0 Å². The third kappa shape index (κ3) is 2.34. The molecule has 0 spiro atoms. The molecular weight excluding hydrogens is 240 g/mol.